The van der Waals surface area contributed by atoms with Crippen LogP contribution in [0.3, 0.4) is 0 Å². The second kappa shape index (κ2) is 12.5. The Kier molecular flexibility index (Phi) is 9.16. The van der Waals surface area contributed by atoms with Gasteiger partial charge in [-0.1, -0.05) is 11.2 Å². The number of carbonyl (C=O) groups excluding carboxylic acids is 1. The van der Waals surface area contributed by atoms with Crippen LogP contribution in [0.15, 0.2) is 46.0 Å². The Morgan fingerprint density at radius 1 is 1.03 bits per heavy atom. The molecule has 8 N–H and O–H groups in total. The Labute approximate surface area is 214 Å². The summed E-state index contributed by atoms with van der Waals surface area (Å²) < 4.78 is 27.4. The maximum Gasteiger partial charge on any atom is 0.282 e. The van der Waals surface area contributed by atoms with Gasteiger partial charge in [-0.25, -0.2) is 0 Å². The molecule has 1 amide bonds. The number of nitrogens with zero attached hydrogens (tertiary/aromatic N) is 2. The quantitative estimate of drug-likeness (QED) is 0.159. The first-order valence-corrected chi connectivity index (χ1v) is 11.5. The van der Waals surface area contributed by atoms with Gasteiger partial charge in [0.25, 0.3) is 5.91 Å². The summed E-state index contributed by atoms with van der Waals surface area (Å²) in [5, 5.41) is 6.90. The molecule has 1 heterocycles. The minimum atomic E-state index is -0.507. The number of aliphatic imine (C=N–C) groups is 1. The van der Waals surface area contributed by atoms with Crippen molar-refractivity contribution in [2.45, 2.75) is 18.9 Å². The lowest BCUT2D eigenvalue weighted by molar-refractivity contribution is -0.403. The fourth-order valence-corrected chi connectivity index (χ4v) is 3.75. The SMILES string of the molecule is COc1ccc(-c2cnoc2-c2cc(OC)c(OC)c(OC)c2)cc1NC(=O)C([NH3+])CCCN=C(N)N. The lowest BCUT2D eigenvalue weighted by Gasteiger charge is -2.15. The van der Waals surface area contributed by atoms with Gasteiger partial charge < -0.3 is 46.0 Å². The zero-order chi connectivity index (χ0) is 26.9. The molecule has 0 fully saturated rings. The molecule has 0 aliphatic carbocycles. The smallest absolute Gasteiger partial charge is 0.282 e. The summed E-state index contributed by atoms with van der Waals surface area (Å²) in [6.07, 6.45) is 2.73. The minimum Gasteiger partial charge on any atom is -0.495 e. The maximum atomic E-state index is 12.8. The van der Waals surface area contributed by atoms with Gasteiger partial charge in [-0.05, 0) is 36.2 Å². The molecule has 1 unspecified atom stereocenters. The van der Waals surface area contributed by atoms with E-state index < -0.39 is 6.04 Å². The Morgan fingerprint density at radius 3 is 2.30 bits per heavy atom. The largest absolute Gasteiger partial charge is 0.495 e. The Balaban J connectivity index is 1.90. The van der Waals surface area contributed by atoms with Crippen LogP contribution in [0.4, 0.5) is 5.69 Å². The lowest BCUT2D eigenvalue weighted by atomic mass is 10.0. The summed E-state index contributed by atoms with van der Waals surface area (Å²) >= 11 is 0. The first-order valence-electron chi connectivity index (χ1n) is 11.5. The third-order valence-electron chi connectivity index (χ3n) is 5.64. The number of aromatic nitrogens is 1. The zero-order valence-electron chi connectivity index (χ0n) is 21.4. The third-order valence-corrected chi connectivity index (χ3v) is 5.64. The van der Waals surface area contributed by atoms with Crippen LogP contribution >= 0.6 is 0 Å². The number of quaternary nitrogens is 1. The summed E-state index contributed by atoms with van der Waals surface area (Å²) in [6.45, 7) is 0.428. The van der Waals surface area contributed by atoms with Gasteiger partial charge in [-0.2, -0.15) is 0 Å². The molecule has 0 spiro atoms. The molecule has 3 aromatic rings. The molecule has 198 valence electrons. The summed E-state index contributed by atoms with van der Waals surface area (Å²) in [7, 11) is 6.14. The first kappa shape index (κ1) is 27.1. The van der Waals surface area contributed by atoms with Crippen molar-refractivity contribution < 1.29 is 34.0 Å². The first-order chi connectivity index (χ1) is 17.8. The highest BCUT2D eigenvalue weighted by atomic mass is 16.5. The zero-order valence-corrected chi connectivity index (χ0v) is 21.4. The number of methoxy groups -OCH3 is 4. The molecule has 0 saturated heterocycles. The molecule has 0 aliphatic rings. The second-order valence-corrected chi connectivity index (χ2v) is 8.03. The molecule has 0 aliphatic heterocycles. The van der Waals surface area contributed by atoms with E-state index in [4.69, 9.17) is 34.9 Å². The van der Waals surface area contributed by atoms with E-state index in [9.17, 15) is 4.79 Å². The van der Waals surface area contributed by atoms with Crippen LogP contribution in [-0.4, -0.2) is 58.0 Å². The van der Waals surface area contributed by atoms with Gasteiger partial charge in [-0.3, -0.25) is 9.79 Å². The summed E-state index contributed by atoms with van der Waals surface area (Å²) in [4.78, 5) is 16.7. The summed E-state index contributed by atoms with van der Waals surface area (Å²) in [5.74, 6) is 2.16. The van der Waals surface area contributed by atoms with Gasteiger partial charge in [0.05, 0.1) is 40.3 Å². The van der Waals surface area contributed by atoms with Crippen molar-refractivity contribution in [3.63, 3.8) is 0 Å². The van der Waals surface area contributed by atoms with Crippen LogP contribution in [-0.2, 0) is 4.79 Å². The van der Waals surface area contributed by atoms with Crippen molar-refractivity contribution in [1.82, 2.24) is 5.16 Å². The fraction of sp³-hybridized carbons (Fsp3) is 0.320. The molecule has 1 atom stereocenters. The molecule has 3 rings (SSSR count). The van der Waals surface area contributed by atoms with Crippen LogP contribution in [0.2, 0.25) is 0 Å². The van der Waals surface area contributed by atoms with Crippen LogP contribution in [0.5, 0.6) is 23.0 Å². The number of guanidine groups is 1. The average Bonchev–Trinajstić information content (AvgIpc) is 3.40. The van der Waals surface area contributed by atoms with E-state index in [2.05, 4.69) is 21.2 Å². The van der Waals surface area contributed by atoms with Crippen molar-refractivity contribution in [2.24, 2.45) is 16.5 Å². The van der Waals surface area contributed by atoms with E-state index in [1.54, 1.807) is 30.5 Å². The number of hydrogen-bond acceptors (Lipinski definition) is 8. The van der Waals surface area contributed by atoms with E-state index in [0.29, 0.717) is 65.0 Å². The Bertz CT molecular complexity index is 1230. The van der Waals surface area contributed by atoms with E-state index in [-0.39, 0.29) is 11.9 Å². The molecular formula is C25H33N6O6+. The summed E-state index contributed by atoms with van der Waals surface area (Å²) in [5.41, 5.74) is 17.2. The number of ether oxygens (including phenoxy) is 4. The number of carbonyl (C=O) groups is 1. The van der Waals surface area contributed by atoms with Crippen molar-refractivity contribution >= 4 is 17.6 Å². The van der Waals surface area contributed by atoms with E-state index in [1.165, 1.54) is 28.4 Å². The second-order valence-electron chi connectivity index (χ2n) is 8.03. The number of nitrogens with one attached hydrogen (secondary N) is 1. The van der Waals surface area contributed by atoms with Crippen molar-refractivity contribution in [3.8, 4) is 45.4 Å². The molecule has 37 heavy (non-hydrogen) atoms. The molecule has 0 radical (unpaired) electrons. The summed E-state index contributed by atoms with van der Waals surface area (Å²) in [6, 6.07) is 8.43. The van der Waals surface area contributed by atoms with Crippen molar-refractivity contribution in [1.29, 1.82) is 0 Å². The number of anilines is 1. The van der Waals surface area contributed by atoms with E-state index in [0.717, 1.165) is 5.56 Å². The third kappa shape index (κ3) is 6.41. The normalized spacial score (nSPS) is 11.4. The topological polar surface area (TPSA) is 184 Å². The lowest BCUT2D eigenvalue weighted by Crippen LogP contribution is -2.66. The maximum absolute atomic E-state index is 12.8. The molecule has 12 heteroatoms. The molecule has 12 nitrogen and oxygen atoms in total. The van der Waals surface area contributed by atoms with Crippen LogP contribution in [0, 0.1) is 0 Å². The Hall–Kier alpha value is -4.45. The van der Waals surface area contributed by atoms with Gasteiger partial charge in [0.1, 0.15) is 5.75 Å². The van der Waals surface area contributed by atoms with Crippen molar-refractivity contribution in [3.05, 3.63) is 36.5 Å². The number of rotatable bonds is 12. The van der Waals surface area contributed by atoms with E-state index in [1.807, 2.05) is 6.07 Å². The predicted molar refractivity (Wildman–Crippen MR) is 139 cm³/mol. The monoisotopic (exact) mass is 513 g/mol. The standard InChI is InChI=1S/C25H32N6O6/c1-33-19-8-7-14(10-18(19)31-24(32)17(26)6-5-9-29-25(27)28)16-13-30-37-22(16)15-11-20(34-2)23(36-4)21(12-15)35-3/h7-8,10-13,17H,5-6,9,26H2,1-4H3,(H,31,32)(H4,27,28,29)/p+1. The minimum absolute atomic E-state index is 0.0197. The molecule has 2 aromatic carbocycles. The van der Waals surface area contributed by atoms with Gasteiger partial charge in [0.2, 0.25) is 5.75 Å². The number of nitrogens with two attached hydrogens (primary N) is 2. The number of benzene rings is 2. The van der Waals surface area contributed by atoms with Crippen LogP contribution < -0.4 is 41.5 Å². The average molecular weight is 514 g/mol. The van der Waals surface area contributed by atoms with Crippen LogP contribution in [0.25, 0.3) is 22.5 Å². The molecule has 0 saturated carbocycles. The predicted octanol–water partition coefficient (Wildman–Crippen LogP) is 1.65. The molecule has 1 aromatic heterocycles. The van der Waals surface area contributed by atoms with Gasteiger partial charge in [0.15, 0.2) is 29.3 Å². The number of amides is 1. The highest BCUT2D eigenvalue weighted by molar-refractivity contribution is 5.96. The van der Waals surface area contributed by atoms with Crippen molar-refractivity contribution in [2.75, 3.05) is 40.3 Å². The van der Waals surface area contributed by atoms with Gasteiger partial charge >= 0.3 is 0 Å². The van der Waals surface area contributed by atoms with Crippen LogP contribution in [0.1, 0.15) is 12.8 Å². The van der Waals surface area contributed by atoms with Gasteiger partial charge in [-0.15, -0.1) is 0 Å². The van der Waals surface area contributed by atoms with Gasteiger partial charge in [0, 0.05) is 24.1 Å². The fourth-order valence-electron chi connectivity index (χ4n) is 3.75. The molecular weight excluding hydrogens is 480 g/mol. The number of hydrogen-bond donors (Lipinski definition) is 4. The highest BCUT2D eigenvalue weighted by Gasteiger charge is 2.22. The highest BCUT2D eigenvalue weighted by Crippen LogP contribution is 2.44. The van der Waals surface area contributed by atoms with E-state index >= 15 is 0 Å². The molecule has 0 bridgehead atoms. The Morgan fingerprint density at radius 2 is 1.70 bits per heavy atom.